The quantitative estimate of drug-likeness (QED) is 0.687. The summed E-state index contributed by atoms with van der Waals surface area (Å²) in [7, 11) is 1.88. The molecule has 1 amide bonds. The standard InChI is InChI=1S/C13H17NO/c1-5-9-7-6-8-10-11(9)12(15)14(4)13(10,2)3/h6-8H,5H2,1-4H3. The molecule has 0 fully saturated rings. The average Bonchev–Trinajstić information content (AvgIpc) is 2.41. The van der Waals surface area contributed by atoms with Gasteiger partial charge in [0.1, 0.15) is 0 Å². The third-order valence-electron chi connectivity index (χ3n) is 3.55. The lowest BCUT2D eigenvalue weighted by atomic mass is 9.91. The van der Waals surface area contributed by atoms with Gasteiger partial charge in [-0.1, -0.05) is 25.1 Å². The molecule has 1 heterocycles. The maximum atomic E-state index is 12.1. The molecule has 80 valence electrons. The minimum absolute atomic E-state index is 0.160. The Morgan fingerprint density at radius 3 is 2.60 bits per heavy atom. The minimum Gasteiger partial charge on any atom is -0.332 e. The zero-order valence-electron chi connectivity index (χ0n) is 9.79. The first kappa shape index (κ1) is 10.2. The normalized spacial score (nSPS) is 18.1. The summed E-state index contributed by atoms with van der Waals surface area (Å²) in [5.41, 5.74) is 3.08. The van der Waals surface area contributed by atoms with Crippen LogP contribution in [0.4, 0.5) is 0 Å². The Morgan fingerprint density at radius 1 is 1.33 bits per heavy atom. The molecule has 1 aromatic carbocycles. The van der Waals surface area contributed by atoms with Gasteiger partial charge in [0.2, 0.25) is 0 Å². The second kappa shape index (κ2) is 3.09. The molecule has 2 heteroatoms. The number of fused-ring (bicyclic) bond motifs is 1. The van der Waals surface area contributed by atoms with E-state index in [1.165, 1.54) is 0 Å². The summed E-state index contributed by atoms with van der Waals surface area (Å²) in [5.74, 6) is 0.160. The fraction of sp³-hybridized carbons (Fsp3) is 0.462. The molecule has 0 aliphatic carbocycles. The Bertz CT molecular complexity index is 421. The van der Waals surface area contributed by atoms with Crippen LogP contribution in [-0.2, 0) is 12.0 Å². The van der Waals surface area contributed by atoms with Gasteiger partial charge < -0.3 is 4.90 Å². The second-order valence-corrected chi connectivity index (χ2v) is 4.62. The number of carbonyl (C=O) groups is 1. The molecule has 15 heavy (non-hydrogen) atoms. The molecule has 0 aromatic heterocycles. The smallest absolute Gasteiger partial charge is 0.254 e. The number of benzene rings is 1. The largest absolute Gasteiger partial charge is 0.332 e. The van der Waals surface area contributed by atoms with Gasteiger partial charge in [-0.25, -0.2) is 0 Å². The maximum absolute atomic E-state index is 12.1. The molecule has 0 N–H and O–H groups in total. The molecule has 0 spiro atoms. The monoisotopic (exact) mass is 203 g/mol. The molecule has 1 aliphatic heterocycles. The molecule has 0 atom stereocenters. The SMILES string of the molecule is CCc1cccc2c1C(=O)N(C)C2(C)C. The molecular formula is C13H17NO. The van der Waals surface area contributed by atoms with Crippen LogP contribution in [0.3, 0.4) is 0 Å². The number of rotatable bonds is 1. The van der Waals surface area contributed by atoms with Crippen molar-refractivity contribution in [3.05, 3.63) is 34.9 Å². The molecule has 0 radical (unpaired) electrons. The molecule has 0 bridgehead atoms. The third-order valence-corrected chi connectivity index (χ3v) is 3.55. The zero-order chi connectivity index (χ0) is 11.2. The topological polar surface area (TPSA) is 20.3 Å². The van der Waals surface area contributed by atoms with Gasteiger partial charge in [-0.2, -0.15) is 0 Å². The van der Waals surface area contributed by atoms with Crippen molar-refractivity contribution < 1.29 is 4.79 Å². The van der Waals surface area contributed by atoms with E-state index in [0.717, 1.165) is 23.1 Å². The Hall–Kier alpha value is -1.31. The van der Waals surface area contributed by atoms with Crippen LogP contribution in [-0.4, -0.2) is 17.9 Å². The molecule has 1 aromatic rings. The van der Waals surface area contributed by atoms with Crippen LogP contribution in [0.5, 0.6) is 0 Å². The van der Waals surface area contributed by atoms with E-state index in [1.54, 1.807) is 0 Å². The van der Waals surface area contributed by atoms with Gasteiger partial charge in [0, 0.05) is 12.6 Å². The van der Waals surface area contributed by atoms with Crippen molar-refractivity contribution in [1.82, 2.24) is 4.90 Å². The highest BCUT2D eigenvalue weighted by Gasteiger charge is 2.41. The summed E-state index contributed by atoms with van der Waals surface area (Å²) in [4.78, 5) is 13.9. The Morgan fingerprint density at radius 2 is 2.00 bits per heavy atom. The van der Waals surface area contributed by atoms with E-state index < -0.39 is 0 Å². The predicted molar refractivity (Wildman–Crippen MR) is 60.9 cm³/mol. The van der Waals surface area contributed by atoms with E-state index in [2.05, 4.69) is 26.8 Å². The van der Waals surface area contributed by atoms with E-state index in [4.69, 9.17) is 0 Å². The second-order valence-electron chi connectivity index (χ2n) is 4.62. The Labute approximate surface area is 90.9 Å². The van der Waals surface area contributed by atoms with Crippen molar-refractivity contribution in [2.75, 3.05) is 7.05 Å². The van der Waals surface area contributed by atoms with Gasteiger partial charge in [-0.3, -0.25) is 4.79 Å². The Balaban J connectivity index is 2.71. The lowest BCUT2D eigenvalue weighted by Gasteiger charge is -2.28. The van der Waals surface area contributed by atoms with Crippen LogP contribution < -0.4 is 0 Å². The van der Waals surface area contributed by atoms with Crippen LogP contribution in [0.1, 0.15) is 42.3 Å². The van der Waals surface area contributed by atoms with E-state index in [-0.39, 0.29) is 11.4 Å². The number of hydrogen-bond acceptors (Lipinski definition) is 1. The molecular weight excluding hydrogens is 186 g/mol. The summed E-state index contributed by atoms with van der Waals surface area (Å²) in [5, 5.41) is 0. The highest BCUT2D eigenvalue weighted by molar-refractivity contribution is 6.01. The average molecular weight is 203 g/mol. The first-order valence-electron chi connectivity index (χ1n) is 5.40. The van der Waals surface area contributed by atoms with Gasteiger partial charge in [0.15, 0.2) is 0 Å². The van der Waals surface area contributed by atoms with Crippen LogP contribution in [0.15, 0.2) is 18.2 Å². The van der Waals surface area contributed by atoms with E-state index in [0.29, 0.717) is 0 Å². The lowest BCUT2D eigenvalue weighted by Crippen LogP contribution is -2.35. The van der Waals surface area contributed by atoms with E-state index in [1.807, 2.05) is 24.1 Å². The van der Waals surface area contributed by atoms with Gasteiger partial charge in [-0.05, 0) is 31.4 Å². The number of hydrogen-bond donors (Lipinski definition) is 0. The number of nitrogens with zero attached hydrogens (tertiary/aromatic N) is 1. The summed E-state index contributed by atoms with van der Waals surface area (Å²) in [6.45, 7) is 6.28. The van der Waals surface area contributed by atoms with E-state index in [9.17, 15) is 4.79 Å². The first-order chi connectivity index (χ1) is 7.00. The van der Waals surface area contributed by atoms with Crippen molar-refractivity contribution in [2.45, 2.75) is 32.7 Å². The summed E-state index contributed by atoms with van der Waals surface area (Å²) < 4.78 is 0. The summed E-state index contributed by atoms with van der Waals surface area (Å²) in [6, 6.07) is 6.16. The molecule has 0 unspecified atom stereocenters. The fourth-order valence-electron chi connectivity index (χ4n) is 2.26. The highest BCUT2D eigenvalue weighted by atomic mass is 16.2. The summed E-state index contributed by atoms with van der Waals surface area (Å²) in [6.07, 6.45) is 0.916. The van der Waals surface area contributed by atoms with Crippen LogP contribution >= 0.6 is 0 Å². The van der Waals surface area contributed by atoms with Crippen molar-refractivity contribution in [3.8, 4) is 0 Å². The molecule has 2 rings (SSSR count). The minimum atomic E-state index is -0.169. The van der Waals surface area contributed by atoms with Crippen LogP contribution in [0.25, 0.3) is 0 Å². The molecule has 0 saturated heterocycles. The van der Waals surface area contributed by atoms with Gasteiger partial charge in [0.05, 0.1) is 5.54 Å². The molecule has 2 nitrogen and oxygen atoms in total. The van der Waals surface area contributed by atoms with Crippen molar-refractivity contribution in [2.24, 2.45) is 0 Å². The van der Waals surface area contributed by atoms with Crippen molar-refractivity contribution in [1.29, 1.82) is 0 Å². The predicted octanol–water partition coefficient (Wildman–Crippen LogP) is 2.57. The number of carbonyl (C=O) groups excluding carboxylic acids is 1. The highest BCUT2D eigenvalue weighted by Crippen LogP contribution is 2.38. The molecule has 0 saturated carbocycles. The number of aryl methyl sites for hydroxylation is 1. The first-order valence-corrected chi connectivity index (χ1v) is 5.40. The summed E-state index contributed by atoms with van der Waals surface area (Å²) >= 11 is 0. The van der Waals surface area contributed by atoms with E-state index >= 15 is 0 Å². The van der Waals surface area contributed by atoms with Gasteiger partial charge in [0.25, 0.3) is 5.91 Å². The van der Waals surface area contributed by atoms with Gasteiger partial charge in [-0.15, -0.1) is 0 Å². The third kappa shape index (κ3) is 1.21. The van der Waals surface area contributed by atoms with Crippen LogP contribution in [0.2, 0.25) is 0 Å². The lowest BCUT2D eigenvalue weighted by molar-refractivity contribution is 0.0690. The van der Waals surface area contributed by atoms with Crippen molar-refractivity contribution >= 4 is 5.91 Å². The zero-order valence-corrected chi connectivity index (χ0v) is 9.79. The maximum Gasteiger partial charge on any atom is 0.254 e. The van der Waals surface area contributed by atoms with Crippen LogP contribution in [0, 0.1) is 0 Å². The fourth-order valence-corrected chi connectivity index (χ4v) is 2.26. The van der Waals surface area contributed by atoms with Gasteiger partial charge >= 0.3 is 0 Å². The number of amides is 1. The molecule has 1 aliphatic rings. The Kier molecular flexibility index (Phi) is 2.10. The van der Waals surface area contributed by atoms with Crippen molar-refractivity contribution in [3.63, 3.8) is 0 Å².